The Kier molecular flexibility index (Phi) is 10.8. The molecule has 1 N–H and O–H groups in total. The average molecular weight is 739 g/mol. The molecule has 0 aliphatic carbocycles. The van der Waals surface area contributed by atoms with Gasteiger partial charge >= 0.3 is 24.2 Å². The number of carbonyl (C=O) groups excluding carboxylic acids is 2. The third-order valence-corrected chi connectivity index (χ3v) is 6.95. The van der Waals surface area contributed by atoms with E-state index in [1.54, 1.807) is 12.2 Å². The molecule has 0 aliphatic heterocycles. The fourth-order valence-electron chi connectivity index (χ4n) is 4.11. The number of anilines is 2. The van der Waals surface area contributed by atoms with Gasteiger partial charge < -0.3 is 15.0 Å². The zero-order valence-electron chi connectivity index (χ0n) is 22.9. The number of rotatable bonds is 9. The van der Waals surface area contributed by atoms with Gasteiger partial charge in [-0.1, -0.05) is 6.07 Å². The summed E-state index contributed by atoms with van der Waals surface area (Å²) in [7, 11) is 0. The standard InChI is InChI=1S/C28H19BrF12N2O3/c1-2-46-11-10-43(24(45)14-6-8-16(30)9-7-14)20-5-3-4-17(21(20)31)23(44)42-22-18(26(33,34)35)12-15(13-19(22)29)25(32,27(36,37)38)28(39,40)41/h3-9,12-13H,2,10-11H2,1H3,(H,42,44). The predicted octanol–water partition coefficient (Wildman–Crippen LogP) is 8.97. The zero-order chi connectivity index (χ0) is 34.8. The number of alkyl halides is 10. The van der Waals surface area contributed by atoms with Crippen LogP contribution in [0.4, 0.5) is 64.1 Å². The molecule has 3 rings (SSSR count). The Balaban J connectivity index is 2.11. The lowest BCUT2D eigenvalue weighted by atomic mass is 9.92. The number of halogens is 13. The number of hydrogen-bond acceptors (Lipinski definition) is 3. The van der Waals surface area contributed by atoms with Gasteiger partial charge in [0.15, 0.2) is 5.82 Å². The lowest BCUT2D eigenvalue weighted by Gasteiger charge is -2.31. The van der Waals surface area contributed by atoms with Crippen molar-refractivity contribution in [1.82, 2.24) is 0 Å². The van der Waals surface area contributed by atoms with Crippen molar-refractivity contribution in [2.75, 3.05) is 30.0 Å². The highest BCUT2D eigenvalue weighted by molar-refractivity contribution is 9.10. The van der Waals surface area contributed by atoms with Gasteiger partial charge in [-0.3, -0.25) is 9.59 Å². The van der Waals surface area contributed by atoms with Crippen molar-refractivity contribution >= 4 is 39.1 Å². The van der Waals surface area contributed by atoms with Crippen molar-refractivity contribution < 1.29 is 67.0 Å². The van der Waals surface area contributed by atoms with E-state index in [1.165, 1.54) is 0 Å². The first kappa shape index (κ1) is 36.7. The summed E-state index contributed by atoms with van der Waals surface area (Å²) in [6, 6.07) is 5.78. The van der Waals surface area contributed by atoms with Crippen LogP contribution in [0.5, 0.6) is 0 Å². The third kappa shape index (κ3) is 7.43. The van der Waals surface area contributed by atoms with Crippen molar-refractivity contribution in [2.45, 2.75) is 31.1 Å². The second-order valence-electron chi connectivity index (χ2n) is 9.29. The van der Waals surface area contributed by atoms with Crippen LogP contribution in [0.25, 0.3) is 0 Å². The largest absolute Gasteiger partial charge is 0.435 e. The molecule has 3 aromatic rings. The van der Waals surface area contributed by atoms with E-state index in [9.17, 15) is 57.9 Å². The van der Waals surface area contributed by atoms with E-state index in [-0.39, 0.29) is 31.4 Å². The number of nitrogens with zero attached hydrogens (tertiary/aromatic N) is 1. The quantitative estimate of drug-likeness (QED) is 0.176. The molecule has 250 valence electrons. The number of ether oxygens (including phenoxy) is 1. The average Bonchev–Trinajstić information content (AvgIpc) is 2.94. The molecule has 0 radical (unpaired) electrons. The molecule has 0 aliphatic rings. The molecule has 0 heterocycles. The molecule has 0 fully saturated rings. The normalized spacial score (nSPS) is 12.7. The first-order valence-electron chi connectivity index (χ1n) is 12.6. The van der Waals surface area contributed by atoms with E-state index in [4.69, 9.17) is 4.74 Å². The second-order valence-corrected chi connectivity index (χ2v) is 10.1. The molecule has 46 heavy (non-hydrogen) atoms. The van der Waals surface area contributed by atoms with Gasteiger partial charge in [0.25, 0.3) is 11.8 Å². The highest BCUT2D eigenvalue weighted by atomic mass is 79.9. The van der Waals surface area contributed by atoms with Crippen molar-refractivity contribution in [1.29, 1.82) is 0 Å². The Morgan fingerprint density at radius 3 is 1.98 bits per heavy atom. The lowest BCUT2D eigenvalue weighted by molar-refractivity contribution is -0.348. The maximum absolute atomic E-state index is 15.8. The van der Waals surface area contributed by atoms with Gasteiger partial charge in [-0.05, 0) is 71.4 Å². The predicted molar refractivity (Wildman–Crippen MR) is 143 cm³/mol. The molecule has 0 aromatic heterocycles. The minimum atomic E-state index is -6.75. The molecular weight excluding hydrogens is 720 g/mol. The molecule has 0 atom stereocenters. The van der Waals surface area contributed by atoms with Gasteiger partial charge in [-0.2, -0.15) is 39.5 Å². The summed E-state index contributed by atoms with van der Waals surface area (Å²) in [6.45, 7) is 1.28. The van der Waals surface area contributed by atoms with Gasteiger partial charge in [0.05, 0.1) is 29.1 Å². The first-order valence-corrected chi connectivity index (χ1v) is 13.4. The van der Waals surface area contributed by atoms with Crippen molar-refractivity contribution in [3.8, 4) is 0 Å². The number of carbonyl (C=O) groups is 2. The number of amides is 2. The third-order valence-electron chi connectivity index (χ3n) is 6.33. The number of nitrogens with one attached hydrogen (secondary N) is 1. The summed E-state index contributed by atoms with van der Waals surface area (Å²) in [4.78, 5) is 27.0. The molecule has 0 unspecified atom stereocenters. The smallest absolute Gasteiger partial charge is 0.380 e. The summed E-state index contributed by atoms with van der Waals surface area (Å²) in [5.41, 5.74) is -14.3. The maximum atomic E-state index is 15.8. The van der Waals surface area contributed by atoms with Crippen LogP contribution in [0.2, 0.25) is 0 Å². The first-order chi connectivity index (χ1) is 21.1. The van der Waals surface area contributed by atoms with Gasteiger partial charge in [-0.15, -0.1) is 0 Å². The van der Waals surface area contributed by atoms with Crippen molar-refractivity contribution in [2.24, 2.45) is 0 Å². The van der Waals surface area contributed by atoms with Crippen LogP contribution >= 0.6 is 15.9 Å². The molecule has 0 spiro atoms. The van der Waals surface area contributed by atoms with Crippen LogP contribution in [-0.2, 0) is 16.6 Å². The Hall–Kier alpha value is -3.80. The fraction of sp³-hybridized carbons (Fsp3) is 0.286. The van der Waals surface area contributed by atoms with E-state index in [1.807, 2.05) is 0 Å². The molecule has 0 saturated heterocycles. The fourth-order valence-corrected chi connectivity index (χ4v) is 4.67. The Bertz CT molecular complexity index is 1570. The number of benzene rings is 3. The Morgan fingerprint density at radius 1 is 0.870 bits per heavy atom. The van der Waals surface area contributed by atoms with Crippen LogP contribution in [0.3, 0.4) is 0 Å². The maximum Gasteiger partial charge on any atom is 0.435 e. The van der Waals surface area contributed by atoms with E-state index >= 15 is 4.39 Å². The molecule has 0 saturated carbocycles. The minimum absolute atomic E-state index is 0.132. The highest BCUT2D eigenvalue weighted by Crippen LogP contribution is 2.55. The SMILES string of the molecule is CCOCCN(C(=O)c1ccc(F)cc1)c1cccc(C(=O)Nc2c(Br)cc(C(F)(C(F)(F)F)C(F)(F)F)cc2C(F)(F)F)c1F. The monoisotopic (exact) mass is 738 g/mol. The highest BCUT2D eigenvalue weighted by Gasteiger charge is 2.73. The van der Waals surface area contributed by atoms with Crippen molar-refractivity contribution in [3.63, 3.8) is 0 Å². The summed E-state index contributed by atoms with van der Waals surface area (Å²) < 4.78 is 169. The van der Waals surface area contributed by atoms with Gasteiger partial charge in [0.1, 0.15) is 5.82 Å². The van der Waals surface area contributed by atoms with E-state index in [2.05, 4.69) is 15.9 Å². The van der Waals surface area contributed by atoms with Crippen LogP contribution in [0.1, 0.15) is 38.8 Å². The van der Waals surface area contributed by atoms with Crippen molar-refractivity contribution in [3.05, 3.63) is 93.0 Å². The van der Waals surface area contributed by atoms with Crippen LogP contribution < -0.4 is 10.2 Å². The molecule has 5 nitrogen and oxygen atoms in total. The summed E-state index contributed by atoms with van der Waals surface area (Å²) in [5, 5.41) is 1.58. The van der Waals surface area contributed by atoms with Crippen LogP contribution in [0, 0.1) is 11.6 Å². The van der Waals surface area contributed by atoms with Gasteiger partial charge in [0.2, 0.25) is 0 Å². The van der Waals surface area contributed by atoms with E-state index in [0.29, 0.717) is 0 Å². The minimum Gasteiger partial charge on any atom is -0.380 e. The summed E-state index contributed by atoms with van der Waals surface area (Å²) >= 11 is 2.36. The van der Waals surface area contributed by atoms with E-state index < -0.39 is 86.3 Å². The molecule has 2 amide bonds. The summed E-state index contributed by atoms with van der Waals surface area (Å²) in [6.07, 6.45) is -19.3. The Morgan fingerprint density at radius 2 is 1.46 bits per heavy atom. The second kappa shape index (κ2) is 13.5. The number of hydrogen-bond donors (Lipinski definition) is 1. The van der Waals surface area contributed by atoms with Gasteiger partial charge in [-0.25, -0.2) is 13.2 Å². The Labute approximate surface area is 260 Å². The zero-order valence-corrected chi connectivity index (χ0v) is 24.5. The molecule has 3 aromatic carbocycles. The van der Waals surface area contributed by atoms with Gasteiger partial charge in [0, 0.05) is 28.8 Å². The molecular formula is C28H19BrF12N2O3. The van der Waals surface area contributed by atoms with Crippen LogP contribution in [-0.4, -0.2) is 43.9 Å². The topological polar surface area (TPSA) is 58.6 Å². The van der Waals surface area contributed by atoms with E-state index in [0.717, 1.165) is 47.4 Å². The van der Waals surface area contributed by atoms with Crippen LogP contribution in [0.15, 0.2) is 59.1 Å². The molecule has 0 bridgehead atoms. The molecule has 18 heteroatoms. The lowest BCUT2D eigenvalue weighted by Crippen LogP contribution is -2.50. The summed E-state index contributed by atoms with van der Waals surface area (Å²) in [5.74, 6) is -4.77.